The maximum atomic E-state index is 12.7. The van der Waals surface area contributed by atoms with Crippen molar-refractivity contribution in [1.29, 1.82) is 0 Å². The van der Waals surface area contributed by atoms with Crippen LogP contribution < -0.4 is 20.3 Å². The molecule has 1 fully saturated rings. The van der Waals surface area contributed by atoms with Crippen molar-refractivity contribution in [2.24, 2.45) is 5.92 Å². The minimum Gasteiger partial charge on any atom is -0.480 e. The van der Waals surface area contributed by atoms with Crippen LogP contribution in [0.4, 0.5) is 11.6 Å². The molecular weight excluding hydrogens is 536 g/mol. The molecule has 212 valence electrons. The standard InChI is InChI=1S/C27H32N6O6S/c1-18-22(31-27-28-14-6-15-29-27)13-16-33(25(18)39-2)20-11-9-19(10-12-20)24(34)30-17-23(26(35)36)32-40(37,38)21-7-4-3-5-8-21/h3-12,14-15,18,22-23,25,32H,13,16-17H2,1-2H3,(H,30,34)(H,35,36)(H,28,29,31)/t18-,22+,23+,25-/m1/s1. The lowest BCUT2D eigenvalue weighted by Crippen LogP contribution is -2.53. The van der Waals surface area contributed by atoms with Gasteiger partial charge in [0.1, 0.15) is 12.3 Å². The van der Waals surface area contributed by atoms with E-state index >= 15 is 0 Å². The number of anilines is 2. The number of piperidine rings is 1. The van der Waals surface area contributed by atoms with Gasteiger partial charge in [-0.2, -0.15) is 4.72 Å². The summed E-state index contributed by atoms with van der Waals surface area (Å²) in [7, 11) is -2.43. The highest BCUT2D eigenvalue weighted by Crippen LogP contribution is 2.31. The number of carbonyl (C=O) groups is 2. The third kappa shape index (κ3) is 6.92. The average molecular weight is 569 g/mol. The Labute approximate surface area is 232 Å². The first-order valence-corrected chi connectivity index (χ1v) is 14.2. The number of nitrogens with zero attached hydrogens (tertiary/aromatic N) is 3. The lowest BCUT2D eigenvalue weighted by Gasteiger charge is -2.44. The molecule has 2 heterocycles. The Morgan fingerprint density at radius 3 is 2.38 bits per heavy atom. The third-order valence-corrected chi connectivity index (χ3v) is 8.26. The van der Waals surface area contributed by atoms with E-state index in [0.717, 1.165) is 12.1 Å². The second kappa shape index (κ2) is 12.9. The van der Waals surface area contributed by atoms with Gasteiger partial charge in [0.2, 0.25) is 16.0 Å². The molecule has 1 amide bonds. The number of hydrogen-bond acceptors (Lipinski definition) is 9. The van der Waals surface area contributed by atoms with Crippen molar-refractivity contribution in [2.75, 3.05) is 30.4 Å². The molecule has 0 bridgehead atoms. The van der Waals surface area contributed by atoms with E-state index in [1.165, 1.54) is 24.3 Å². The summed E-state index contributed by atoms with van der Waals surface area (Å²) in [6.45, 7) is 2.35. The van der Waals surface area contributed by atoms with Crippen LogP contribution in [0.5, 0.6) is 0 Å². The largest absolute Gasteiger partial charge is 0.480 e. The number of hydrogen-bond donors (Lipinski definition) is 4. The molecule has 13 heteroatoms. The maximum absolute atomic E-state index is 12.7. The Hall–Kier alpha value is -4.07. The zero-order valence-electron chi connectivity index (χ0n) is 22.1. The highest BCUT2D eigenvalue weighted by Gasteiger charge is 2.36. The van der Waals surface area contributed by atoms with Crippen LogP contribution in [0, 0.1) is 5.92 Å². The van der Waals surface area contributed by atoms with Crippen molar-refractivity contribution in [3.8, 4) is 0 Å². The molecule has 1 aliphatic heterocycles. The molecule has 0 saturated carbocycles. The van der Waals surface area contributed by atoms with E-state index < -0.39 is 34.5 Å². The minimum atomic E-state index is -4.08. The molecule has 0 spiro atoms. The normalized spacial score (nSPS) is 19.9. The lowest BCUT2D eigenvalue weighted by molar-refractivity contribution is -0.138. The molecule has 40 heavy (non-hydrogen) atoms. The molecule has 0 unspecified atom stereocenters. The highest BCUT2D eigenvalue weighted by atomic mass is 32.2. The number of methoxy groups -OCH3 is 1. The van der Waals surface area contributed by atoms with Gasteiger partial charge in [-0.1, -0.05) is 25.1 Å². The summed E-state index contributed by atoms with van der Waals surface area (Å²) in [6.07, 6.45) is 3.96. The van der Waals surface area contributed by atoms with Gasteiger partial charge in [-0.05, 0) is 48.9 Å². The summed E-state index contributed by atoms with van der Waals surface area (Å²) in [4.78, 5) is 35.0. The second-order valence-electron chi connectivity index (χ2n) is 9.37. The van der Waals surface area contributed by atoms with Gasteiger partial charge in [-0.15, -0.1) is 0 Å². The van der Waals surface area contributed by atoms with Gasteiger partial charge in [-0.25, -0.2) is 18.4 Å². The van der Waals surface area contributed by atoms with Crippen LogP contribution in [0.1, 0.15) is 23.7 Å². The van der Waals surface area contributed by atoms with E-state index in [0.29, 0.717) is 18.1 Å². The fourth-order valence-electron chi connectivity index (χ4n) is 4.65. The number of sulfonamides is 1. The number of carbonyl (C=O) groups excluding carboxylic acids is 1. The molecule has 4 atom stereocenters. The zero-order chi connectivity index (χ0) is 28.7. The van der Waals surface area contributed by atoms with Crippen LogP contribution in [0.2, 0.25) is 0 Å². The van der Waals surface area contributed by atoms with Crippen molar-refractivity contribution in [3.63, 3.8) is 0 Å². The fraction of sp³-hybridized carbons (Fsp3) is 0.333. The van der Waals surface area contributed by atoms with Gasteiger partial charge in [0.25, 0.3) is 5.91 Å². The summed E-state index contributed by atoms with van der Waals surface area (Å²) in [5, 5.41) is 15.4. The number of amides is 1. The minimum absolute atomic E-state index is 0.0694. The number of carboxylic acid groups (broad SMARTS) is 1. The molecule has 4 rings (SSSR count). The molecule has 0 radical (unpaired) electrons. The fourth-order valence-corrected chi connectivity index (χ4v) is 5.86. The number of carboxylic acids is 1. The van der Waals surface area contributed by atoms with E-state index in [9.17, 15) is 23.1 Å². The molecule has 2 aromatic carbocycles. The van der Waals surface area contributed by atoms with Crippen molar-refractivity contribution in [1.82, 2.24) is 20.0 Å². The predicted molar refractivity (Wildman–Crippen MR) is 148 cm³/mol. The molecule has 1 saturated heterocycles. The van der Waals surface area contributed by atoms with Crippen LogP contribution in [0.15, 0.2) is 78.0 Å². The van der Waals surface area contributed by atoms with Crippen molar-refractivity contribution >= 4 is 33.5 Å². The molecule has 3 aromatic rings. The lowest BCUT2D eigenvalue weighted by atomic mass is 9.91. The Morgan fingerprint density at radius 2 is 1.75 bits per heavy atom. The zero-order valence-corrected chi connectivity index (χ0v) is 22.9. The topological polar surface area (TPSA) is 163 Å². The van der Waals surface area contributed by atoms with E-state index in [1.54, 1.807) is 55.9 Å². The van der Waals surface area contributed by atoms with Gasteiger partial charge in [-0.3, -0.25) is 9.59 Å². The Balaban J connectivity index is 1.37. The van der Waals surface area contributed by atoms with Crippen molar-refractivity contribution in [3.05, 3.63) is 78.6 Å². The van der Waals surface area contributed by atoms with Gasteiger partial charge in [0.15, 0.2) is 0 Å². The molecule has 1 aliphatic rings. The van der Waals surface area contributed by atoms with Crippen molar-refractivity contribution < 1.29 is 27.9 Å². The molecule has 0 aliphatic carbocycles. The van der Waals surface area contributed by atoms with E-state index in [2.05, 4.69) is 37.1 Å². The molecular formula is C27H32N6O6S. The Bertz CT molecular complexity index is 1390. The number of rotatable bonds is 11. The third-order valence-electron chi connectivity index (χ3n) is 6.77. The van der Waals surface area contributed by atoms with Crippen LogP contribution in [0.25, 0.3) is 0 Å². The number of ether oxygens (including phenoxy) is 1. The van der Waals surface area contributed by atoms with Gasteiger partial charge < -0.3 is 25.4 Å². The summed E-state index contributed by atoms with van der Waals surface area (Å²) in [5.74, 6) is -1.28. The van der Waals surface area contributed by atoms with Crippen LogP contribution in [-0.2, 0) is 19.6 Å². The Kier molecular flexibility index (Phi) is 9.30. The first-order valence-electron chi connectivity index (χ1n) is 12.7. The smallest absolute Gasteiger partial charge is 0.323 e. The van der Waals surface area contributed by atoms with Crippen LogP contribution in [-0.4, -0.2) is 73.9 Å². The number of benzene rings is 2. The first-order chi connectivity index (χ1) is 19.2. The number of aromatic nitrogens is 2. The molecule has 4 N–H and O–H groups in total. The van der Waals surface area contributed by atoms with Gasteiger partial charge in [0.05, 0.1) is 4.90 Å². The quantitative estimate of drug-likeness (QED) is 0.269. The monoisotopic (exact) mass is 568 g/mol. The van der Waals surface area contributed by atoms with Gasteiger partial charge >= 0.3 is 5.97 Å². The number of nitrogens with one attached hydrogen (secondary N) is 3. The SMILES string of the molecule is CO[C@@H]1[C@H](C)[C@@H](Nc2ncccn2)CCN1c1ccc(C(=O)NC[C@H](NS(=O)(=O)c2ccccc2)C(=O)O)cc1. The van der Waals surface area contributed by atoms with Crippen LogP contribution >= 0.6 is 0 Å². The Morgan fingerprint density at radius 1 is 1.07 bits per heavy atom. The highest BCUT2D eigenvalue weighted by molar-refractivity contribution is 7.89. The van der Waals surface area contributed by atoms with Gasteiger partial charge in [0, 0.05) is 55.8 Å². The maximum Gasteiger partial charge on any atom is 0.323 e. The summed E-state index contributed by atoms with van der Waals surface area (Å²) >= 11 is 0. The first kappa shape index (κ1) is 28.9. The van der Waals surface area contributed by atoms with E-state index in [1.807, 2.05) is 0 Å². The van der Waals surface area contributed by atoms with Crippen molar-refractivity contribution in [2.45, 2.75) is 36.6 Å². The second-order valence-corrected chi connectivity index (χ2v) is 11.1. The molecule has 1 aromatic heterocycles. The summed E-state index contributed by atoms with van der Waals surface area (Å²) in [6, 6.07) is 14.6. The van der Waals surface area contributed by atoms with E-state index in [-0.39, 0.29) is 23.1 Å². The predicted octanol–water partition coefficient (Wildman–Crippen LogP) is 1.94. The number of aliphatic carboxylic acids is 1. The molecule has 12 nitrogen and oxygen atoms in total. The summed E-state index contributed by atoms with van der Waals surface area (Å²) < 4.78 is 33.0. The summed E-state index contributed by atoms with van der Waals surface area (Å²) in [5.41, 5.74) is 1.17. The van der Waals surface area contributed by atoms with E-state index in [4.69, 9.17) is 4.74 Å². The van der Waals surface area contributed by atoms with Crippen LogP contribution in [0.3, 0.4) is 0 Å². The average Bonchev–Trinajstić information content (AvgIpc) is 2.97.